The predicted octanol–water partition coefficient (Wildman–Crippen LogP) is 6.69. The van der Waals surface area contributed by atoms with Gasteiger partial charge in [-0.1, -0.05) is 65.8 Å². The minimum absolute atomic E-state index is 0.590. The number of nitrogens with zero attached hydrogens (tertiary/aromatic N) is 3. The van der Waals surface area contributed by atoms with Gasteiger partial charge in [0.25, 0.3) is 0 Å². The highest BCUT2D eigenvalue weighted by Gasteiger charge is 2.17. The number of hydrogen-bond donors (Lipinski definition) is 0. The largest absolute Gasteiger partial charge is 0.433 e. The Morgan fingerprint density at radius 3 is 2.59 bits per heavy atom. The number of aryl methyl sites for hydroxylation is 1. The van der Waals surface area contributed by atoms with Gasteiger partial charge in [0, 0.05) is 16.3 Å². The highest BCUT2D eigenvalue weighted by molar-refractivity contribution is 7.98. The smallest absolute Gasteiger partial charge is 0.229 e. The molecule has 142 valence electrons. The molecule has 2 aromatic carbocycles. The van der Waals surface area contributed by atoms with E-state index in [0.717, 1.165) is 43.5 Å². The predicted molar refractivity (Wildman–Crippen MR) is 118 cm³/mol. The fraction of sp³-hybridized carbons (Fsp3) is 0.0870. The third kappa shape index (κ3) is 3.48. The second kappa shape index (κ2) is 7.50. The van der Waals surface area contributed by atoms with Gasteiger partial charge in [-0.05, 0) is 36.2 Å². The summed E-state index contributed by atoms with van der Waals surface area (Å²) in [5.41, 5.74) is 6.27. The van der Waals surface area contributed by atoms with Gasteiger partial charge in [-0.2, -0.15) is 0 Å². The first-order valence-electron chi connectivity index (χ1n) is 9.16. The normalized spacial score (nSPS) is 11.4. The topological polar surface area (TPSA) is 51.8 Å². The lowest BCUT2D eigenvalue weighted by atomic mass is 10.1. The summed E-state index contributed by atoms with van der Waals surface area (Å²) in [4.78, 5) is 13.7. The number of hydrogen-bond acceptors (Lipinski definition) is 5. The molecule has 0 aliphatic rings. The molecule has 0 bridgehead atoms. The van der Waals surface area contributed by atoms with Crippen LogP contribution in [0.1, 0.15) is 11.1 Å². The lowest BCUT2D eigenvalue weighted by Gasteiger charge is -2.02. The van der Waals surface area contributed by atoms with E-state index < -0.39 is 0 Å². The Balaban J connectivity index is 1.57. The van der Waals surface area contributed by atoms with Gasteiger partial charge in [-0.15, -0.1) is 0 Å². The van der Waals surface area contributed by atoms with Crippen LogP contribution in [0.15, 0.2) is 76.4 Å². The van der Waals surface area contributed by atoms with Crippen molar-refractivity contribution in [3.8, 4) is 11.3 Å². The van der Waals surface area contributed by atoms with Gasteiger partial charge in [0.1, 0.15) is 16.9 Å². The Labute approximate surface area is 177 Å². The molecule has 0 aliphatic carbocycles. The zero-order valence-electron chi connectivity index (χ0n) is 15.6. The zero-order chi connectivity index (χ0) is 19.8. The van der Waals surface area contributed by atoms with Crippen molar-refractivity contribution in [1.82, 2.24) is 15.0 Å². The molecule has 0 atom stereocenters. The van der Waals surface area contributed by atoms with Crippen molar-refractivity contribution in [2.45, 2.75) is 17.7 Å². The van der Waals surface area contributed by atoms with Crippen LogP contribution >= 0.6 is 23.4 Å². The third-order valence-corrected chi connectivity index (χ3v) is 6.04. The Morgan fingerprint density at radius 1 is 1.00 bits per heavy atom. The SMILES string of the molecule is Cc1cc(-c2ccccc2)nc2oc3c(SCc4ccc(Cl)cc4)ncnc3c12. The summed E-state index contributed by atoms with van der Waals surface area (Å²) in [6, 6.07) is 20.0. The maximum absolute atomic E-state index is 6.16. The minimum atomic E-state index is 0.590. The van der Waals surface area contributed by atoms with E-state index in [2.05, 4.69) is 23.0 Å². The first-order chi connectivity index (χ1) is 14.2. The molecule has 0 fully saturated rings. The molecule has 0 amide bonds. The second-order valence-corrected chi connectivity index (χ2v) is 8.14. The van der Waals surface area contributed by atoms with E-state index in [0.29, 0.717) is 11.3 Å². The van der Waals surface area contributed by atoms with E-state index in [-0.39, 0.29) is 0 Å². The van der Waals surface area contributed by atoms with Crippen molar-refractivity contribution in [2.75, 3.05) is 0 Å². The molecule has 0 N–H and O–H groups in total. The molecule has 0 saturated heterocycles. The van der Waals surface area contributed by atoms with E-state index in [1.54, 1.807) is 18.1 Å². The van der Waals surface area contributed by atoms with Crippen LogP contribution < -0.4 is 0 Å². The molecule has 0 radical (unpaired) electrons. The van der Waals surface area contributed by atoms with Gasteiger partial charge in [-0.3, -0.25) is 0 Å². The van der Waals surface area contributed by atoms with Crippen molar-refractivity contribution < 1.29 is 4.42 Å². The average Bonchev–Trinajstić information content (AvgIpc) is 3.13. The van der Waals surface area contributed by atoms with Gasteiger partial charge in [-0.25, -0.2) is 15.0 Å². The summed E-state index contributed by atoms with van der Waals surface area (Å²) < 4.78 is 6.16. The van der Waals surface area contributed by atoms with Gasteiger partial charge in [0.05, 0.1) is 11.1 Å². The number of benzene rings is 2. The first kappa shape index (κ1) is 18.2. The van der Waals surface area contributed by atoms with Crippen molar-refractivity contribution in [3.63, 3.8) is 0 Å². The molecule has 0 unspecified atom stereocenters. The molecule has 4 nitrogen and oxygen atoms in total. The standard InChI is InChI=1S/C23H16ClN3OS/c1-14-11-18(16-5-3-2-4-6-16)27-22-19(14)20-21(28-22)23(26-13-25-20)29-12-15-7-9-17(24)10-8-15/h2-11,13H,12H2,1H3. The van der Waals surface area contributed by atoms with Crippen LogP contribution in [0.2, 0.25) is 5.02 Å². The van der Waals surface area contributed by atoms with Gasteiger partial charge >= 0.3 is 0 Å². The first-order valence-corrected chi connectivity index (χ1v) is 10.5. The van der Waals surface area contributed by atoms with E-state index >= 15 is 0 Å². The molecule has 5 aromatic rings. The van der Waals surface area contributed by atoms with Crippen LogP contribution in [-0.2, 0) is 5.75 Å². The summed E-state index contributed by atoms with van der Waals surface area (Å²) in [6.45, 7) is 2.06. The van der Waals surface area contributed by atoms with E-state index in [9.17, 15) is 0 Å². The highest BCUT2D eigenvalue weighted by Crippen LogP contribution is 2.36. The Morgan fingerprint density at radius 2 is 1.79 bits per heavy atom. The van der Waals surface area contributed by atoms with Crippen molar-refractivity contribution in [2.24, 2.45) is 0 Å². The molecule has 0 spiro atoms. The quantitative estimate of drug-likeness (QED) is 0.241. The molecule has 29 heavy (non-hydrogen) atoms. The van der Waals surface area contributed by atoms with E-state index in [1.807, 2.05) is 54.6 Å². The van der Waals surface area contributed by atoms with E-state index in [1.165, 1.54) is 5.56 Å². The summed E-state index contributed by atoms with van der Waals surface area (Å²) in [5, 5.41) is 2.48. The summed E-state index contributed by atoms with van der Waals surface area (Å²) in [5.74, 6) is 0.766. The number of pyridine rings is 1. The monoisotopic (exact) mass is 417 g/mol. The molecule has 3 heterocycles. The van der Waals surface area contributed by atoms with Gasteiger partial charge in [0.2, 0.25) is 5.71 Å². The summed E-state index contributed by atoms with van der Waals surface area (Å²) in [6.07, 6.45) is 1.59. The van der Waals surface area contributed by atoms with Crippen molar-refractivity contribution in [1.29, 1.82) is 0 Å². The van der Waals surface area contributed by atoms with Crippen LogP contribution in [0.3, 0.4) is 0 Å². The van der Waals surface area contributed by atoms with Gasteiger partial charge in [0.15, 0.2) is 5.58 Å². The lowest BCUT2D eigenvalue weighted by Crippen LogP contribution is -1.88. The van der Waals surface area contributed by atoms with Gasteiger partial charge < -0.3 is 4.42 Å². The van der Waals surface area contributed by atoms with Crippen LogP contribution in [0.5, 0.6) is 0 Å². The highest BCUT2D eigenvalue weighted by atomic mass is 35.5. The van der Waals surface area contributed by atoms with Crippen LogP contribution in [0.4, 0.5) is 0 Å². The second-order valence-electron chi connectivity index (χ2n) is 6.74. The zero-order valence-corrected chi connectivity index (χ0v) is 17.2. The molecule has 5 rings (SSSR count). The number of halogens is 1. The van der Waals surface area contributed by atoms with Crippen molar-refractivity contribution >= 4 is 45.6 Å². The number of rotatable bonds is 4. The summed E-state index contributed by atoms with van der Waals surface area (Å²) in [7, 11) is 0. The number of thioether (sulfide) groups is 1. The fourth-order valence-corrected chi connectivity index (χ4v) is 4.33. The molecule has 0 saturated carbocycles. The Hall–Kier alpha value is -2.89. The summed E-state index contributed by atoms with van der Waals surface area (Å²) >= 11 is 7.59. The number of aromatic nitrogens is 3. The van der Waals surface area contributed by atoms with Crippen molar-refractivity contribution in [3.05, 3.63) is 83.1 Å². The minimum Gasteiger partial charge on any atom is -0.433 e. The third-order valence-electron chi connectivity index (χ3n) is 4.75. The molecule has 0 aliphatic heterocycles. The van der Waals surface area contributed by atoms with E-state index in [4.69, 9.17) is 21.0 Å². The fourth-order valence-electron chi connectivity index (χ4n) is 3.32. The molecule has 3 aromatic heterocycles. The van der Waals surface area contributed by atoms with Crippen LogP contribution in [0.25, 0.3) is 33.5 Å². The Kier molecular flexibility index (Phi) is 4.70. The average molecular weight is 418 g/mol. The Bertz CT molecular complexity index is 1320. The molecule has 6 heteroatoms. The molecular weight excluding hydrogens is 402 g/mol. The maximum atomic E-state index is 6.16. The van der Waals surface area contributed by atoms with Crippen LogP contribution in [0, 0.1) is 6.92 Å². The van der Waals surface area contributed by atoms with Crippen LogP contribution in [-0.4, -0.2) is 15.0 Å². The number of furan rings is 1. The maximum Gasteiger partial charge on any atom is 0.229 e. The lowest BCUT2D eigenvalue weighted by molar-refractivity contribution is 0.640. The molecular formula is C23H16ClN3OS. The number of fused-ring (bicyclic) bond motifs is 3.